The Balaban J connectivity index is 4.53. The maximum atomic E-state index is 11.7. The van der Waals surface area contributed by atoms with E-state index in [0.717, 1.165) is 0 Å². The summed E-state index contributed by atoms with van der Waals surface area (Å²) in [5.41, 5.74) is 5.34. The molecule has 0 saturated carbocycles. The van der Waals surface area contributed by atoms with Gasteiger partial charge in [-0.1, -0.05) is 0 Å². The van der Waals surface area contributed by atoms with Crippen molar-refractivity contribution in [2.75, 3.05) is 19.8 Å². The number of carbonyl (C=O) groups is 3. The summed E-state index contributed by atoms with van der Waals surface area (Å²) in [5, 5.41) is 11.1. The van der Waals surface area contributed by atoms with Gasteiger partial charge in [-0.2, -0.15) is 0 Å². The number of rotatable bonds is 9. The van der Waals surface area contributed by atoms with Gasteiger partial charge >= 0.3 is 11.9 Å². The minimum Gasteiger partial charge on any atom is -0.466 e. The van der Waals surface area contributed by atoms with Crippen molar-refractivity contribution in [3.63, 3.8) is 0 Å². The molecule has 2 atom stereocenters. The van der Waals surface area contributed by atoms with Crippen molar-refractivity contribution >= 4 is 17.8 Å². The van der Waals surface area contributed by atoms with Crippen LogP contribution in [-0.4, -0.2) is 54.9 Å². The fourth-order valence-electron chi connectivity index (χ4n) is 1.35. The van der Waals surface area contributed by atoms with Crippen LogP contribution in [0, 0.1) is 0 Å². The van der Waals surface area contributed by atoms with Crippen LogP contribution < -0.4 is 11.1 Å². The smallest absolute Gasteiger partial charge is 0.328 e. The van der Waals surface area contributed by atoms with Gasteiger partial charge in [-0.3, -0.25) is 9.59 Å². The number of aliphatic hydroxyl groups is 1. The Morgan fingerprint density at radius 3 is 2.30 bits per heavy atom. The first-order chi connectivity index (χ1) is 9.46. The number of nitrogens with two attached hydrogens (primary N) is 1. The molecule has 0 saturated heterocycles. The summed E-state index contributed by atoms with van der Waals surface area (Å²) in [5.74, 6) is -1.81. The van der Waals surface area contributed by atoms with Gasteiger partial charge in [0.2, 0.25) is 5.91 Å². The van der Waals surface area contributed by atoms with E-state index in [1.807, 2.05) is 0 Å². The summed E-state index contributed by atoms with van der Waals surface area (Å²) in [6, 6.07) is -2.13. The largest absolute Gasteiger partial charge is 0.466 e. The van der Waals surface area contributed by atoms with Crippen molar-refractivity contribution in [2.45, 2.75) is 38.8 Å². The second kappa shape index (κ2) is 10.2. The topological polar surface area (TPSA) is 128 Å². The van der Waals surface area contributed by atoms with Crippen LogP contribution in [0.1, 0.15) is 26.7 Å². The number of aliphatic hydroxyl groups excluding tert-OH is 1. The summed E-state index contributed by atoms with van der Waals surface area (Å²) in [4.78, 5) is 34.5. The molecule has 0 unspecified atom stereocenters. The molecule has 1 amide bonds. The van der Waals surface area contributed by atoms with Gasteiger partial charge in [-0.05, 0) is 20.3 Å². The Morgan fingerprint density at radius 2 is 1.80 bits per heavy atom. The molecule has 0 bridgehead atoms. The molecule has 0 aliphatic rings. The number of hydrogen-bond acceptors (Lipinski definition) is 7. The Labute approximate surface area is 117 Å². The zero-order valence-electron chi connectivity index (χ0n) is 11.8. The number of carbonyl (C=O) groups excluding carboxylic acids is 3. The van der Waals surface area contributed by atoms with Gasteiger partial charge in [-0.15, -0.1) is 0 Å². The van der Waals surface area contributed by atoms with Crippen LogP contribution >= 0.6 is 0 Å². The SMILES string of the molecule is CCOC(=O)CC[C@H](NC(=O)[C@@H](N)CO)C(=O)OCC. The van der Waals surface area contributed by atoms with E-state index in [4.69, 9.17) is 20.3 Å². The van der Waals surface area contributed by atoms with Gasteiger partial charge in [-0.25, -0.2) is 4.79 Å². The van der Waals surface area contributed by atoms with Crippen LogP contribution in [0.25, 0.3) is 0 Å². The quantitative estimate of drug-likeness (QED) is 0.450. The lowest BCUT2D eigenvalue weighted by Crippen LogP contribution is -2.50. The second-order valence-electron chi connectivity index (χ2n) is 3.95. The third-order valence-electron chi connectivity index (χ3n) is 2.36. The first kappa shape index (κ1) is 18.3. The maximum absolute atomic E-state index is 11.7. The molecule has 0 fully saturated rings. The summed E-state index contributed by atoms with van der Waals surface area (Å²) >= 11 is 0. The molecular formula is C12H22N2O6. The predicted molar refractivity (Wildman–Crippen MR) is 69.5 cm³/mol. The minimum absolute atomic E-state index is 0.0357. The first-order valence-electron chi connectivity index (χ1n) is 6.45. The molecule has 20 heavy (non-hydrogen) atoms. The van der Waals surface area contributed by atoms with Crippen LogP contribution in [0.5, 0.6) is 0 Å². The van der Waals surface area contributed by atoms with Crippen molar-refractivity contribution in [2.24, 2.45) is 5.73 Å². The van der Waals surface area contributed by atoms with Crippen molar-refractivity contribution in [1.29, 1.82) is 0 Å². The van der Waals surface area contributed by atoms with Gasteiger partial charge in [0.25, 0.3) is 0 Å². The van der Waals surface area contributed by atoms with E-state index in [1.54, 1.807) is 13.8 Å². The van der Waals surface area contributed by atoms with E-state index >= 15 is 0 Å². The van der Waals surface area contributed by atoms with E-state index in [2.05, 4.69) is 5.32 Å². The van der Waals surface area contributed by atoms with Gasteiger partial charge in [0.15, 0.2) is 0 Å². The molecule has 8 nitrogen and oxygen atoms in total. The molecule has 8 heteroatoms. The molecule has 0 radical (unpaired) electrons. The molecular weight excluding hydrogens is 268 g/mol. The Hall–Kier alpha value is -1.67. The minimum atomic E-state index is -1.13. The fourth-order valence-corrected chi connectivity index (χ4v) is 1.35. The summed E-state index contributed by atoms with van der Waals surface area (Å²) in [6.07, 6.45) is 0.00746. The monoisotopic (exact) mass is 290 g/mol. The molecule has 116 valence electrons. The Kier molecular flexibility index (Phi) is 9.31. The average molecular weight is 290 g/mol. The van der Waals surface area contributed by atoms with Gasteiger partial charge in [0.1, 0.15) is 12.1 Å². The van der Waals surface area contributed by atoms with Crippen LogP contribution in [0.4, 0.5) is 0 Å². The van der Waals surface area contributed by atoms with Gasteiger partial charge < -0.3 is 25.6 Å². The van der Waals surface area contributed by atoms with Crippen LogP contribution in [-0.2, 0) is 23.9 Å². The highest BCUT2D eigenvalue weighted by Crippen LogP contribution is 2.03. The first-order valence-corrected chi connectivity index (χ1v) is 6.45. The third-order valence-corrected chi connectivity index (χ3v) is 2.36. The second-order valence-corrected chi connectivity index (χ2v) is 3.95. The normalized spacial score (nSPS) is 13.2. The maximum Gasteiger partial charge on any atom is 0.328 e. The number of ether oxygens (including phenoxy) is 2. The molecule has 0 spiro atoms. The van der Waals surface area contributed by atoms with E-state index in [-0.39, 0.29) is 26.1 Å². The van der Waals surface area contributed by atoms with Crippen molar-refractivity contribution in [3.05, 3.63) is 0 Å². The number of hydrogen-bond donors (Lipinski definition) is 3. The van der Waals surface area contributed by atoms with Crippen molar-refractivity contribution < 1.29 is 29.0 Å². The van der Waals surface area contributed by atoms with E-state index in [0.29, 0.717) is 0 Å². The lowest BCUT2D eigenvalue weighted by atomic mass is 10.1. The predicted octanol–water partition coefficient (Wildman–Crippen LogP) is -1.30. The Morgan fingerprint density at radius 1 is 1.20 bits per heavy atom. The van der Waals surface area contributed by atoms with Crippen molar-refractivity contribution in [1.82, 2.24) is 5.32 Å². The van der Waals surface area contributed by atoms with Gasteiger partial charge in [0.05, 0.1) is 19.8 Å². The molecule has 0 heterocycles. The summed E-state index contributed by atoms with van der Waals surface area (Å²) in [7, 11) is 0. The van der Waals surface area contributed by atoms with E-state index < -0.39 is 36.5 Å². The summed E-state index contributed by atoms with van der Waals surface area (Å²) < 4.78 is 9.54. The Bertz CT molecular complexity index is 334. The van der Waals surface area contributed by atoms with E-state index in [9.17, 15) is 14.4 Å². The number of esters is 2. The molecule has 0 aliphatic heterocycles. The van der Waals surface area contributed by atoms with Gasteiger partial charge in [0, 0.05) is 6.42 Å². The lowest BCUT2D eigenvalue weighted by molar-refractivity contribution is -0.149. The van der Waals surface area contributed by atoms with Crippen LogP contribution in [0.3, 0.4) is 0 Å². The molecule has 0 aromatic carbocycles. The van der Waals surface area contributed by atoms with Crippen molar-refractivity contribution in [3.8, 4) is 0 Å². The zero-order valence-corrected chi connectivity index (χ0v) is 11.8. The van der Waals surface area contributed by atoms with E-state index in [1.165, 1.54) is 0 Å². The molecule has 0 rings (SSSR count). The highest BCUT2D eigenvalue weighted by atomic mass is 16.5. The summed E-state index contributed by atoms with van der Waals surface area (Å²) in [6.45, 7) is 3.14. The zero-order chi connectivity index (χ0) is 15.5. The standard InChI is InChI=1S/C12H22N2O6/c1-3-19-10(16)6-5-9(12(18)20-4-2)14-11(17)8(13)7-15/h8-9,15H,3-7,13H2,1-2H3,(H,14,17)/t8-,9-/m0/s1. The molecule has 0 aromatic rings. The molecule has 0 aromatic heterocycles. The highest BCUT2D eigenvalue weighted by Gasteiger charge is 2.25. The van der Waals surface area contributed by atoms with Crippen LogP contribution in [0.15, 0.2) is 0 Å². The molecule has 0 aliphatic carbocycles. The number of amides is 1. The average Bonchev–Trinajstić information content (AvgIpc) is 2.42. The molecule has 4 N–H and O–H groups in total. The third kappa shape index (κ3) is 7.05. The lowest BCUT2D eigenvalue weighted by Gasteiger charge is -2.18. The number of nitrogens with one attached hydrogen (secondary N) is 1. The fraction of sp³-hybridized carbons (Fsp3) is 0.750. The van der Waals surface area contributed by atoms with Crippen LogP contribution in [0.2, 0.25) is 0 Å². The highest BCUT2D eigenvalue weighted by molar-refractivity contribution is 5.87.